The SMILES string of the molecule is COc1ccc(Cc2cc(Cc3ccc(OC)cc3)[o+]c(-c3ccccc3)c2)cc1.[O-][Cl+3]([O-])([O-])[O-]. The molecule has 3 aromatic carbocycles. The molecule has 0 aliphatic heterocycles. The van der Waals surface area contributed by atoms with Crippen LogP contribution in [0, 0.1) is 10.2 Å². The third-order valence-electron chi connectivity index (χ3n) is 5.07. The molecule has 0 atom stereocenters. The van der Waals surface area contributed by atoms with Gasteiger partial charge < -0.3 is 9.47 Å². The molecule has 0 fully saturated rings. The van der Waals surface area contributed by atoms with E-state index in [0.29, 0.717) is 0 Å². The summed E-state index contributed by atoms with van der Waals surface area (Å²) in [5.41, 5.74) is 4.70. The first-order chi connectivity index (χ1) is 16.7. The van der Waals surface area contributed by atoms with Crippen molar-refractivity contribution >= 4 is 0 Å². The Morgan fingerprint density at radius 1 is 0.629 bits per heavy atom. The Bertz CT molecular complexity index is 1120. The number of ether oxygens (including phenoxy) is 2. The molecule has 0 N–H and O–H groups in total. The minimum atomic E-state index is -4.94. The number of halogens is 1. The van der Waals surface area contributed by atoms with Crippen LogP contribution >= 0.6 is 0 Å². The summed E-state index contributed by atoms with van der Waals surface area (Å²) in [6, 6.07) is 30.8. The maximum atomic E-state index is 8.49. The van der Waals surface area contributed by atoms with Crippen LogP contribution in [0.1, 0.15) is 22.5 Å². The zero-order valence-corrected chi connectivity index (χ0v) is 20.1. The molecule has 35 heavy (non-hydrogen) atoms. The quantitative estimate of drug-likeness (QED) is 0.357. The highest BCUT2D eigenvalue weighted by Gasteiger charge is 2.19. The molecule has 0 unspecified atom stereocenters. The summed E-state index contributed by atoms with van der Waals surface area (Å²) in [6.45, 7) is 0. The normalized spacial score (nSPS) is 10.8. The molecular formula is C27H25ClO7. The Morgan fingerprint density at radius 3 is 1.60 bits per heavy atom. The van der Waals surface area contributed by atoms with Crippen molar-refractivity contribution in [2.45, 2.75) is 12.8 Å². The fraction of sp³-hybridized carbons (Fsp3) is 0.148. The van der Waals surface area contributed by atoms with Crippen molar-refractivity contribution in [3.05, 3.63) is 113 Å². The van der Waals surface area contributed by atoms with Crippen LogP contribution < -0.4 is 28.1 Å². The second-order valence-electron chi connectivity index (χ2n) is 7.59. The summed E-state index contributed by atoms with van der Waals surface area (Å²) < 4.78 is 50.8. The van der Waals surface area contributed by atoms with Crippen LogP contribution in [0.15, 0.2) is 95.4 Å². The average Bonchev–Trinajstić information content (AvgIpc) is 2.84. The minimum absolute atomic E-state index is 0.723. The maximum Gasteiger partial charge on any atom is 0.360 e. The van der Waals surface area contributed by atoms with Crippen LogP contribution in [0.4, 0.5) is 0 Å². The summed E-state index contributed by atoms with van der Waals surface area (Å²) in [6.07, 6.45) is 1.55. The number of rotatable bonds is 7. The molecule has 0 saturated heterocycles. The number of hydrogen-bond acceptors (Lipinski definition) is 6. The smallest absolute Gasteiger partial charge is 0.360 e. The summed E-state index contributed by atoms with van der Waals surface area (Å²) in [5, 5.41) is 0. The van der Waals surface area contributed by atoms with E-state index in [-0.39, 0.29) is 0 Å². The topological polar surface area (TPSA) is 122 Å². The van der Waals surface area contributed by atoms with Crippen molar-refractivity contribution in [2.24, 2.45) is 0 Å². The lowest BCUT2D eigenvalue weighted by Gasteiger charge is -2.17. The molecule has 7 nitrogen and oxygen atoms in total. The Labute approximate surface area is 206 Å². The monoisotopic (exact) mass is 496 g/mol. The fourth-order valence-corrected chi connectivity index (χ4v) is 3.47. The molecule has 182 valence electrons. The van der Waals surface area contributed by atoms with E-state index < -0.39 is 10.2 Å². The van der Waals surface area contributed by atoms with E-state index in [4.69, 9.17) is 32.5 Å². The Balaban J connectivity index is 0.000000623. The van der Waals surface area contributed by atoms with Crippen LogP contribution in [0.25, 0.3) is 11.3 Å². The van der Waals surface area contributed by atoms with Crippen molar-refractivity contribution in [3.63, 3.8) is 0 Å². The van der Waals surface area contributed by atoms with Gasteiger partial charge >= 0.3 is 11.5 Å². The summed E-state index contributed by atoms with van der Waals surface area (Å²) in [5.74, 6) is 3.54. The van der Waals surface area contributed by atoms with Crippen molar-refractivity contribution in [1.29, 1.82) is 0 Å². The highest BCUT2D eigenvalue weighted by Crippen LogP contribution is 2.26. The Hall–Kier alpha value is -3.46. The van der Waals surface area contributed by atoms with Crippen LogP contribution in [0.5, 0.6) is 11.5 Å². The third kappa shape index (κ3) is 9.01. The molecule has 0 radical (unpaired) electrons. The van der Waals surface area contributed by atoms with Gasteiger partial charge in [-0.1, -0.05) is 42.5 Å². The molecule has 0 amide bonds. The lowest BCUT2D eigenvalue weighted by molar-refractivity contribution is -2.00. The molecule has 0 saturated carbocycles. The van der Waals surface area contributed by atoms with Gasteiger partial charge in [0.15, 0.2) is 0 Å². The molecular weight excluding hydrogens is 472 g/mol. The van der Waals surface area contributed by atoms with Crippen LogP contribution in [-0.4, -0.2) is 14.2 Å². The predicted octanol–water partition coefficient (Wildman–Crippen LogP) is 1.67. The zero-order chi connectivity index (χ0) is 25.3. The fourth-order valence-electron chi connectivity index (χ4n) is 3.47. The molecule has 4 rings (SSSR count). The van der Waals surface area contributed by atoms with E-state index >= 15 is 0 Å². The molecule has 8 heteroatoms. The summed E-state index contributed by atoms with van der Waals surface area (Å²) in [4.78, 5) is 0. The van der Waals surface area contributed by atoms with Crippen molar-refractivity contribution in [3.8, 4) is 22.8 Å². The van der Waals surface area contributed by atoms with Gasteiger partial charge in [0, 0.05) is 12.1 Å². The van der Waals surface area contributed by atoms with E-state index in [1.54, 1.807) is 14.2 Å². The maximum absolute atomic E-state index is 8.49. The zero-order valence-electron chi connectivity index (χ0n) is 19.3. The first kappa shape index (κ1) is 26.2. The molecule has 0 bridgehead atoms. The first-order valence-electron chi connectivity index (χ1n) is 10.6. The highest BCUT2D eigenvalue weighted by molar-refractivity contribution is 5.58. The van der Waals surface area contributed by atoms with E-state index in [1.807, 2.05) is 42.5 Å². The van der Waals surface area contributed by atoms with Crippen LogP contribution in [0.3, 0.4) is 0 Å². The van der Waals surface area contributed by atoms with Gasteiger partial charge in [0.05, 0.1) is 26.2 Å². The first-order valence-corrected chi connectivity index (χ1v) is 11.9. The van der Waals surface area contributed by atoms with E-state index in [9.17, 15) is 0 Å². The molecule has 0 spiro atoms. The molecule has 0 aliphatic rings. The van der Waals surface area contributed by atoms with Gasteiger partial charge in [-0.25, -0.2) is 23.1 Å². The molecule has 1 aromatic heterocycles. The van der Waals surface area contributed by atoms with E-state index in [2.05, 4.69) is 48.5 Å². The van der Waals surface area contributed by atoms with E-state index in [1.165, 1.54) is 16.7 Å². The van der Waals surface area contributed by atoms with Crippen molar-refractivity contribution in [1.82, 2.24) is 0 Å². The minimum Gasteiger partial charge on any atom is -0.497 e. The Morgan fingerprint density at radius 2 is 1.11 bits per heavy atom. The third-order valence-corrected chi connectivity index (χ3v) is 5.07. The average molecular weight is 497 g/mol. The molecule has 4 aromatic rings. The standard InChI is InChI=1S/C27H25O3.ClHO4/c1-28-24-12-8-20(9-13-24)16-22-18-26(17-21-10-14-25(29-2)15-11-21)30-27(19-22)23-6-4-3-5-7-23;2-1(3,4)5/h3-15,18-19H,16-17H2,1-2H3;(H,2,3,4,5)/q+1;/p-1. The van der Waals surface area contributed by atoms with Crippen molar-refractivity contribution < 1.29 is 42.8 Å². The highest BCUT2D eigenvalue weighted by atomic mass is 35.7. The lowest BCUT2D eigenvalue weighted by atomic mass is 10.0. The van der Waals surface area contributed by atoms with Crippen molar-refractivity contribution in [2.75, 3.05) is 14.2 Å². The predicted molar refractivity (Wildman–Crippen MR) is 120 cm³/mol. The van der Waals surface area contributed by atoms with Gasteiger partial charge in [-0.05, 0) is 59.5 Å². The second kappa shape index (κ2) is 12.3. The van der Waals surface area contributed by atoms with E-state index in [0.717, 1.165) is 41.4 Å². The largest absolute Gasteiger partial charge is 0.497 e. The van der Waals surface area contributed by atoms with Gasteiger partial charge in [0.2, 0.25) is 0 Å². The summed E-state index contributed by atoms with van der Waals surface area (Å²) >= 11 is 0. The Kier molecular flexibility index (Phi) is 9.19. The van der Waals surface area contributed by atoms with Gasteiger partial charge in [0.1, 0.15) is 11.5 Å². The number of methoxy groups -OCH3 is 2. The summed E-state index contributed by atoms with van der Waals surface area (Å²) in [7, 11) is -1.58. The van der Waals surface area contributed by atoms with Gasteiger partial charge in [0.25, 0.3) is 0 Å². The number of hydrogen-bond donors (Lipinski definition) is 0. The molecule has 0 aliphatic carbocycles. The lowest BCUT2D eigenvalue weighted by Crippen LogP contribution is -2.68. The number of benzene rings is 3. The van der Waals surface area contributed by atoms with Gasteiger partial charge in [-0.2, -0.15) is 0 Å². The molecule has 1 heterocycles. The van der Waals surface area contributed by atoms with Crippen LogP contribution in [-0.2, 0) is 12.8 Å². The second-order valence-corrected chi connectivity index (χ2v) is 8.35. The van der Waals surface area contributed by atoms with Crippen LogP contribution in [0.2, 0.25) is 0 Å². The van der Waals surface area contributed by atoms with Gasteiger partial charge in [-0.15, -0.1) is 10.2 Å². The van der Waals surface area contributed by atoms with Gasteiger partial charge in [-0.3, -0.25) is 0 Å².